The number of halogens is 1. The number of carbonyl (C=O) groups is 1. The van der Waals surface area contributed by atoms with E-state index >= 15 is 0 Å². The molecule has 0 spiro atoms. The van der Waals surface area contributed by atoms with Crippen LogP contribution in [-0.4, -0.2) is 32.1 Å². The Labute approximate surface area is 101 Å². The molecule has 1 atom stereocenters. The SMILES string of the molecule is NC(=O)C(O)CNS(=O)(=O)c1ccc(Cl)s1. The number of thiophene rings is 1. The zero-order valence-corrected chi connectivity index (χ0v) is 10.3. The fourth-order valence-corrected chi connectivity index (χ4v) is 3.37. The molecule has 4 N–H and O–H groups in total. The number of nitrogens with two attached hydrogens (primary N) is 1. The van der Waals surface area contributed by atoms with Crippen molar-refractivity contribution in [3.8, 4) is 0 Å². The van der Waals surface area contributed by atoms with E-state index in [4.69, 9.17) is 22.4 Å². The lowest BCUT2D eigenvalue weighted by Gasteiger charge is -2.07. The fourth-order valence-electron chi connectivity index (χ4n) is 0.802. The van der Waals surface area contributed by atoms with Gasteiger partial charge in [0.1, 0.15) is 10.3 Å². The number of hydrogen-bond acceptors (Lipinski definition) is 5. The topological polar surface area (TPSA) is 109 Å². The van der Waals surface area contributed by atoms with Gasteiger partial charge in [-0.15, -0.1) is 11.3 Å². The van der Waals surface area contributed by atoms with Crippen LogP contribution in [0.1, 0.15) is 0 Å². The highest BCUT2D eigenvalue weighted by Gasteiger charge is 2.19. The van der Waals surface area contributed by atoms with Crippen molar-refractivity contribution in [2.75, 3.05) is 6.54 Å². The van der Waals surface area contributed by atoms with Crippen LogP contribution in [0.2, 0.25) is 4.34 Å². The second-order valence-electron chi connectivity index (χ2n) is 2.83. The average Bonchev–Trinajstić information content (AvgIpc) is 2.61. The summed E-state index contributed by atoms with van der Waals surface area (Å²) in [6.45, 7) is -0.465. The van der Waals surface area contributed by atoms with E-state index in [-0.39, 0.29) is 4.21 Å². The fraction of sp³-hybridized carbons (Fsp3) is 0.286. The van der Waals surface area contributed by atoms with Gasteiger partial charge in [-0.3, -0.25) is 4.79 Å². The minimum Gasteiger partial charge on any atom is -0.382 e. The summed E-state index contributed by atoms with van der Waals surface area (Å²) in [6.07, 6.45) is -1.55. The van der Waals surface area contributed by atoms with Crippen LogP contribution in [0, 0.1) is 0 Å². The van der Waals surface area contributed by atoms with Crippen molar-refractivity contribution in [3.63, 3.8) is 0 Å². The van der Waals surface area contributed by atoms with Crippen LogP contribution in [0.3, 0.4) is 0 Å². The zero-order chi connectivity index (χ0) is 12.3. The molecule has 0 radical (unpaired) electrons. The molecule has 0 saturated carbocycles. The number of aliphatic hydroxyl groups is 1. The minimum atomic E-state index is -3.75. The van der Waals surface area contributed by atoms with Crippen molar-refractivity contribution >= 4 is 38.9 Å². The number of amides is 1. The Kier molecular flexibility index (Phi) is 4.28. The molecule has 0 saturated heterocycles. The van der Waals surface area contributed by atoms with Crippen molar-refractivity contribution in [2.24, 2.45) is 5.73 Å². The lowest BCUT2D eigenvalue weighted by Crippen LogP contribution is -2.39. The molecule has 0 bridgehead atoms. The summed E-state index contributed by atoms with van der Waals surface area (Å²) in [6, 6.07) is 2.76. The van der Waals surface area contributed by atoms with Gasteiger partial charge in [-0.25, -0.2) is 13.1 Å². The molecule has 1 heterocycles. The molecule has 6 nitrogen and oxygen atoms in total. The second-order valence-corrected chi connectivity index (χ2v) is 6.54. The van der Waals surface area contributed by atoms with Gasteiger partial charge in [-0.2, -0.15) is 0 Å². The summed E-state index contributed by atoms with van der Waals surface area (Å²) in [7, 11) is -3.75. The Balaban J connectivity index is 2.70. The first-order valence-corrected chi connectivity index (χ1v) is 6.73. The molecule has 90 valence electrons. The number of nitrogens with one attached hydrogen (secondary N) is 1. The lowest BCUT2D eigenvalue weighted by atomic mass is 10.3. The summed E-state index contributed by atoms with van der Waals surface area (Å²) >= 11 is 6.45. The largest absolute Gasteiger partial charge is 0.382 e. The number of primary amides is 1. The van der Waals surface area contributed by atoms with Crippen LogP contribution in [-0.2, 0) is 14.8 Å². The van der Waals surface area contributed by atoms with Gasteiger partial charge >= 0.3 is 0 Å². The standard InChI is InChI=1S/C7H9ClN2O4S2/c8-5-1-2-6(15-5)16(13,14)10-3-4(11)7(9)12/h1-2,4,10-11H,3H2,(H2,9,12). The number of rotatable bonds is 5. The maximum atomic E-state index is 11.5. The summed E-state index contributed by atoms with van der Waals surface area (Å²) in [5, 5.41) is 9.02. The maximum Gasteiger partial charge on any atom is 0.250 e. The molecular formula is C7H9ClN2O4S2. The van der Waals surface area contributed by atoms with E-state index in [1.807, 2.05) is 4.72 Å². The van der Waals surface area contributed by atoms with Gasteiger partial charge in [0.05, 0.1) is 4.34 Å². The highest BCUT2D eigenvalue weighted by Crippen LogP contribution is 2.25. The van der Waals surface area contributed by atoms with Gasteiger partial charge in [-0.1, -0.05) is 11.6 Å². The Morgan fingerprint density at radius 3 is 2.69 bits per heavy atom. The molecule has 1 unspecified atom stereocenters. The van der Waals surface area contributed by atoms with Crippen molar-refractivity contribution in [1.29, 1.82) is 0 Å². The summed E-state index contributed by atoms with van der Waals surface area (Å²) < 4.78 is 25.5. The van der Waals surface area contributed by atoms with Crippen molar-refractivity contribution in [1.82, 2.24) is 4.72 Å². The highest BCUT2D eigenvalue weighted by molar-refractivity contribution is 7.91. The van der Waals surface area contributed by atoms with E-state index in [2.05, 4.69) is 0 Å². The average molecular weight is 285 g/mol. The molecule has 9 heteroatoms. The van der Waals surface area contributed by atoms with E-state index in [1.165, 1.54) is 12.1 Å². The first-order valence-electron chi connectivity index (χ1n) is 4.05. The molecular weight excluding hydrogens is 276 g/mol. The molecule has 1 aromatic rings. The van der Waals surface area contributed by atoms with E-state index in [0.717, 1.165) is 11.3 Å². The van der Waals surface area contributed by atoms with Crippen molar-refractivity contribution in [3.05, 3.63) is 16.5 Å². The molecule has 0 aliphatic carbocycles. The van der Waals surface area contributed by atoms with Crippen molar-refractivity contribution in [2.45, 2.75) is 10.3 Å². The smallest absolute Gasteiger partial charge is 0.250 e. The second kappa shape index (κ2) is 5.11. The number of carbonyl (C=O) groups excluding carboxylic acids is 1. The van der Waals surface area contributed by atoms with Gasteiger partial charge in [0.25, 0.3) is 0 Å². The summed E-state index contributed by atoms with van der Waals surface area (Å²) in [5.41, 5.74) is 4.77. The van der Waals surface area contributed by atoms with Crippen LogP contribution < -0.4 is 10.5 Å². The third-order valence-corrected chi connectivity index (χ3v) is 4.76. The van der Waals surface area contributed by atoms with Gasteiger partial charge in [0.15, 0.2) is 0 Å². The number of sulfonamides is 1. The molecule has 0 fully saturated rings. The first kappa shape index (κ1) is 13.4. The minimum absolute atomic E-state index is 0.00849. The van der Waals surface area contributed by atoms with Crippen LogP contribution in [0.5, 0.6) is 0 Å². The highest BCUT2D eigenvalue weighted by atomic mass is 35.5. The zero-order valence-electron chi connectivity index (χ0n) is 7.88. The van der Waals surface area contributed by atoms with Gasteiger partial charge < -0.3 is 10.8 Å². The Morgan fingerprint density at radius 1 is 1.62 bits per heavy atom. The summed E-state index contributed by atoms with van der Waals surface area (Å²) in [4.78, 5) is 10.5. The Morgan fingerprint density at radius 2 is 2.25 bits per heavy atom. The normalized spacial score (nSPS) is 13.6. The Bertz CT molecular complexity index is 484. The van der Waals surface area contributed by atoms with Crippen molar-refractivity contribution < 1.29 is 18.3 Å². The molecule has 1 amide bonds. The molecule has 1 rings (SSSR count). The molecule has 0 aromatic carbocycles. The van der Waals surface area contributed by atoms with E-state index in [1.54, 1.807) is 0 Å². The molecule has 0 aliphatic heterocycles. The van der Waals surface area contributed by atoms with E-state index in [0.29, 0.717) is 4.34 Å². The van der Waals surface area contributed by atoms with E-state index < -0.39 is 28.6 Å². The van der Waals surface area contributed by atoms with Crippen LogP contribution in [0.4, 0.5) is 0 Å². The molecule has 16 heavy (non-hydrogen) atoms. The number of hydrogen-bond donors (Lipinski definition) is 3. The Hall–Kier alpha value is -0.670. The van der Waals surface area contributed by atoms with E-state index in [9.17, 15) is 13.2 Å². The maximum absolute atomic E-state index is 11.5. The van der Waals surface area contributed by atoms with Crippen LogP contribution >= 0.6 is 22.9 Å². The number of aliphatic hydroxyl groups excluding tert-OH is 1. The predicted octanol–water partition coefficient (Wildman–Crippen LogP) is -0.474. The van der Waals surface area contributed by atoms with Gasteiger partial charge in [-0.05, 0) is 12.1 Å². The quantitative estimate of drug-likeness (QED) is 0.679. The third-order valence-electron chi connectivity index (χ3n) is 1.61. The predicted molar refractivity (Wildman–Crippen MR) is 59.7 cm³/mol. The van der Waals surface area contributed by atoms with Gasteiger partial charge in [0, 0.05) is 6.54 Å². The third kappa shape index (κ3) is 3.42. The van der Waals surface area contributed by atoms with Crippen LogP contribution in [0.15, 0.2) is 16.3 Å². The van der Waals surface area contributed by atoms with Gasteiger partial charge in [0.2, 0.25) is 15.9 Å². The summed E-state index contributed by atoms with van der Waals surface area (Å²) in [5.74, 6) is -0.994. The molecule has 1 aromatic heterocycles. The lowest BCUT2D eigenvalue weighted by molar-refractivity contribution is -0.125. The van der Waals surface area contributed by atoms with Crippen LogP contribution in [0.25, 0.3) is 0 Å². The molecule has 0 aliphatic rings. The first-order chi connectivity index (χ1) is 7.33. The monoisotopic (exact) mass is 284 g/mol.